The van der Waals surface area contributed by atoms with Crippen LogP contribution in [0.5, 0.6) is 0 Å². The van der Waals surface area contributed by atoms with Crippen LogP contribution in [0, 0.1) is 0 Å². The number of hydrogen-bond acceptors (Lipinski definition) is 3. The summed E-state index contributed by atoms with van der Waals surface area (Å²) in [7, 11) is 1.89. The number of fused-ring (bicyclic) bond motifs is 1. The van der Waals surface area contributed by atoms with Gasteiger partial charge in [-0.15, -0.1) is 0 Å². The zero-order valence-electron chi connectivity index (χ0n) is 14.0. The van der Waals surface area contributed by atoms with Crippen LogP contribution in [0.3, 0.4) is 0 Å². The minimum absolute atomic E-state index is 0.00547. The Kier molecular flexibility index (Phi) is 4.10. The van der Waals surface area contributed by atoms with Gasteiger partial charge in [-0.2, -0.15) is 5.10 Å². The van der Waals surface area contributed by atoms with Gasteiger partial charge < -0.3 is 10.1 Å². The Labute approximate surface area is 142 Å². The van der Waals surface area contributed by atoms with Gasteiger partial charge >= 0.3 is 0 Å². The van der Waals surface area contributed by atoms with Crippen LogP contribution in [-0.2, 0) is 24.6 Å². The summed E-state index contributed by atoms with van der Waals surface area (Å²) in [6.45, 7) is 0.727. The van der Waals surface area contributed by atoms with E-state index in [4.69, 9.17) is 4.74 Å². The highest BCUT2D eigenvalue weighted by Crippen LogP contribution is 2.29. The number of amides is 1. The standard InChI is InChI=1S/C19H23N3O2/c1-22-12-16(11-20-22)18-17(6-3-9-24-18)21-19(23)15-8-7-13-4-2-5-14(13)10-15/h7-8,10-12,17-18H,2-6,9H2,1H3,(H,21,23)/t17-,18+/m0/s1. The molecular formula is C19H23N3O2. The molecule has 0 radical (unpaired) electrons. The zero-order valence-corrected chi connectivity index (χ0v) is 14.0. The van der Waals surface area contributed by atoms with Crippen LogP contribution in [0.2, 0.25) is 0 Å². The van der Waals surface area contributed by atoms with Gasteiger partial charge in [0.15, 0.2) is 0 Å². The van der Waals surface area contributed by atoms with Crippen molar-refractivity contribution in [2.75, 3.05) is 6.61 Å². The second-order valence-electron chi connectivity index (χ2n) is 6.80. The number of carbonyl (C=O) groups is 1. The molecule has 126 valence electrons. The largest absolute Gasteiger partial charge is 0.371 e. The average Bonchev–Trinajstić information content (AvgIpc) is 3.23. The van der Waals surface area contributed by atoms with Crippen LogP contribution in [-0.4, -0.2) is 28.3 Å². The van der Waals surface area contributed by atoms with E-state index in [1.165, 1.54) is 17.5 Å². The molecule has 2 aromatic rings. The Morgan fingerprint density at radius 3 is 3.00 bits per heavy atom. The number of hydrogen-bond donors (Lipinski definition) is 1. The monoisotopic (exact) mass is 325 g/mol. The van der Waals surface area contributed by atoms with Gasteiger partial charge in [0.25, 0.3) is 5.91 Å². The summed E-state index contributed by atoms with van der Waals surface area (Å²) in [5.41, 5.74) is 4.50. The van der Waals surface area contributed by atoms with Crippen molar-refractivity contribution < 1.29 is 9.53 Å². The third-order valence-electron chi connectivity index (χ3n) is 5.05. The molecular weight excluding hydrogens is 302 g/mol. The Morgan fingerprint density at radius 2 is 2.17 bits per heavy atom. The van der Waals surface area contributed by atoms with E-state index in [0.29, 0.717) is 0 Å². The third kappa shape index (κ3) is 2.96. The van der Waals surface area contributed by atoms with Crippen LogP contribution in [0.1, 0.15) is 52.4 Å². The maximum atomic E-state index is 12.7. The van der Waals surface area contributed by atoms with Crippen molar-refractivity contribution in [3.05, 3.63) is 52.8 Å². The molecule has 1 saturated heterocycles. The quantitative estimate of drug-likeness (QED) is 0.943. The van der Waals surface area contributed by atoms with E-state index in [1.54, 1.807) is 4.68 Å². The molecule has 24 heavy (non-hydrogen) atoms. The summed E-state index contributed by atoms with van der Waals surface area (Å²) < 4.78 is 7.70. The molecule has 0 unspecified atom stereocenters. The van der Waals surface area contributed by atoms with Gasteiger partial charge in [-0.25, -0.2) is 0 Å². The van der Waals surface area contributed by atoms with E-state index in [0.717, 1.165) is 43.4 Å². The van der Waals surface area contributed by atoms with Gasteiger partial charge in [-0.3, -0.25) is 9.48 Å². The first kappa shape index (κ1) is 15.4. The highest BCUT2D eigenvalue weighted by Gasteiger charge is 2.30. The van der Waals surface area contributed by atoms with E-state index < -0.39 is 0 Å². The fraction of sp³-hybridized carbons (Fsp3) is 0.474. The molecule has 1 amide bonds. The Morgan fingerprint density at radius 1 is 1.29 bits per heavy atom. The van der Waals surface area contributed by atoms with E-state index in [2.05, 4.69) is 22.5 Å². The van der Waals surface area contributed by atoms with Crippen molar-refractivity contribution in [1.29, 1.82) is 0 Å². The van der Waals surface area contributed by atoms with E-state index >= 15 is 0 Å². The second kappa shape index (κ2) is 6.40. The van der Waals surface area contributed by atoms with Gasteiger partial charge in [0.2, 0.25) is 0 Å². The summed E-state index contributed by atoms with van der Waals surface area (Å²) in [4.78, 5) is 12.7. The van der Waals surface area contributed by atoms with Gasteiger partial charge in [0, 0.05) is 31.0 Å². The number of aromatic nitrogens is 2. The van der Waals surface area contributed by atoms with Crippen LogP contribution in [0.15, 0.2) is 30.6 Å². The molecule has 2 heterocycles. The fourth-order valence-corrected chi connectivity index (χ4v) is 3.81. The van der Waals surface area contributed by atoms with Crippen molar-refractivity contribution in [3.63, 3.8) is 0 Å². The molecule has 1 aromatic carbocycles. The number of carbonyl (C=O) groups excluding carboxylic acids is 1. The van der Waals surface area contributed by atoms with Crippen LogP contribution >= 0.6 is 0 Å². The maximum Gasteiger partial charge on any atom is 0.251 e. The number of nitrogens with zero attached hydrogens (tertiary/aromatic N) is 2. The van der Waals surface area contributed by atoms with Gasteiger partial charge in [0.1, 0.15) is 6.10 Å². The summed E-state index contributed by atoms with van der Waals surface area (Å²) in [6.07, 6.45) is 8.97. The van der Waals surface area contributed by atoms with Gasteiger partial charge in [0.05, 0.1) is 12.2 Å². The molecule has 1 N–H and O–H groups in total. The molecule has 0 saturated carbocycles. The van der Waals surface area contributed by atoms with Crippen molar-refractivity contribution >= 4 is 5.91 Å². The molecule has 5 heteroatoms. The molecule has 5 nitrogen and oxygen atoms in total. The number of rotatable bonds is 3. The Hall–Kier alpha value is -2.14. The first-order valence-corrected chi connectivity index (χ1v) is 8.73. The molecule has 1 fully saturated rings. The number of nitrogens with one attached hydrogen (secondary N) is 1. The van der Waals surface area contributed by atoms with Crippen molar-refractivity contribution in [2.45, 2.75) is 44.2 Å². The topological polar surface area (TPSA) is 56.1 Å². The lowest BCUT2D eigenvalue weighted by molar-refractivity contribution is -0.00949. The lowest BCUT2D eigenvalue weighted by Crippen LogP contribution is -2.42. The highest BCUT2D eigenvalue weighted by molar-refractivity contribution is 5.94. The minimum Gasteiger partial charge on any atom is -0.371 e. The maximum absolute atomic E-state index is 12.7. The molecule has 4 rings (SSSR count). The molecule has 0 spiro atoms. The fourth-order valence-electron chi connectivity index (χ4n) is 3.81. The molecule has 1 aromatic heterocycles. The SMILES string of the molecule is Cn1cc([C@H]2OCCC[C@@H]2NC(=O)c2ccc3c(c2)CCC3)cn1. The second-order valence-corrected chi connectivity index (χ2v) is 6.80. The van der Waals surface area contributed by atoms with Crippen molar-refractivity contribution in [3.8, 4) is 0 Å². The summed E-state index contributed by atoms with van der Waals surface area (Å²) in [5.74, 6) is -0.00547. The van der Waals surface area contributed by atoms with Crippen LogP contribution < -0.4 is 5.32 Å². The first-order valence-electron chi connectivity index (χ1n) is 8.73. The molecule has 2 aliphatic rings. The summed E-state index contributed by atoms with van der Waals surface area (Å²) in [6, 6.07) is 6.10. The predicted molar refractivity (Wildman–Crippen MR) is 90.9 cm³/mol. The first-order chi connectivity index (χ1) is 11.7. The third-order valence-corrected chi connectivity index (χ3v) is 5.05. The highest BCUT2D eigenvalue weighted by atomic mass is 16.5. The lowest BCUT2D eigenvalue weighted by atomic mass is 9.97. The normalized spacial score (nSPS) is 23.0. The lowest BCUT2D eigenvalue weighted by Gasteiger charge is -2.31. The predicted octanol–water partition coefficient (Wildman–Crippen LogP) is 2.56. The summed E-state index contributed by atoms with van der Waals surface area (Å²) >= 11 is 0. The zero-order chi connectivity index (χ0) is 16.5. The van der Waals surface area contributed by atoms with E-state index in [9.17, 15) is 4.79 Å². The number of aryl methyl sites for hydroxylation is 3. The minimum atomic E-state index is -0.120. The smallest absolute Gasteiger partial charge is 0.251 e. The van der Waals surface area contributed by atoms with E-state index in [1.807, 2.05) is 25.5 Å². The van der Waals surface area contributed by atoms with Crippen molar-refractivity contribution in [1.82, 2.24) is 15.1 Å². The van der Waals surface area contributed by atoms with Crippen molar-refractivity contribution in [2.24, 2.45) is 7.05 Å². The van der Waals surface area contributed by atoms with Gasteiger partial charge in [-0.1, -0.05) is 6.07 Å². The number of ether oxygens (including phenoxy) is 1. The van der Waals surface area contributed by atoms with Gasteiger partial charge in [-0.05, 0) is 55.4 Å². The molecule has 2 atom stereocenters. The van der Waals surface area contributed by atoms with Crippen LogP contribution in [0.25, 0.3) is 0 Å². The Bertz CT molecular complexity index is 753. The number of benzene rings is 1. The van der Waals surface area contributed by atoms with Crippen LogP contribution in [0.4, 0.5) is 0 Å². The molecule has 0 bridgehead atoms. The summed E-state index contributed by atoms with van der Waals surface area (Å²) in [5, 5.41) is 7.41. The molecule has 1 aliphatic heterocycles. The average molecular weight is 325 g/mol. The molecule has 1 aliphatic carbocycles. The Balaban J connectivity index is 1.51. The van der Waals surface area contributed by atoms with E-state index in [-0.39, 0.29) is 18.1 Å².